The third-order valence-corrected chi connectivity index (χ3v) is 5.75. The maximum atomic E-state index is 14.5. The van der Waals surface area contributed by atoms with Crippen LogP contribution in [0.3, 0.4) is 0 Å². The van der Waals surface area contributed by atoms with Crippen molar-refractivity contribution in [3.63, 3.8) is 0 Å². The summed E-state index contributed by atoms with van der Waals surface area (Å²) in [6.45, 7) is 3.55. The van der Waals surface area contributed by atoms with Crippen molar-refractivity contribution < 1.29 is 17.6 Å². The lowest BCUT2D eigenvalue weighted by Gasteiger charge is -2.31. The fraction of sp³-hybridized carbons (Fsp3) is 0.261. The number of rotatable bonds is 5. The predicted molar refractivity (Wildman–Crippen MR) is 112 cm³/mol. The molecule has 166 valence electrons. The number of aliphatic imine (C=N–C) groups is 1. The van der Waals surface area contributed by atoms with Gasteiger partial charge in [-0.15, -0.1) is 0 Å². The molecule has 0 fully saturated rings. The Hall–Kier alpha value is -3.49. The molecular formula is C23H20F4N4O. The lowest BCUT2D eigenvalue weighted by Crippen LogP contribution is -2.41. The number of nitrogens with one attached hydrogen (secondary N) is 2. The Balaban J connectivity index is 1.94. The van der Waals surface area contributed by atoms with E-state index < -0.39 is 35.2 Å². The highest BCUT2D eigenvalue weighted by Gasteiger charge is 2.45. The van der Waals surface area contributed by atoms with Crippen LogP contribution in [0, 0.1) is 11.6 Å². The number of benzene rings is 1. The third kappa shape index (κ3) is 3.47. The summed E-state index contributed by atoms with van der Waals surface area (Å²) in [6.07, 6.45) is 0.250. The van der Waals surface area contributed by atoms with E-state index in [0.717, 1.165) is 0 Å². The van der Waals surface area contributed by atoms with Crippen LogP contribution in [-0.2, 0) is 12.0 Å². The van der Waals surface area contributed by atoms with Gasteiger partial charge in [0.05, 0.1) is 6.04 Å². The van der Waals surface area contributed by atoms with E-state index in [1.54, 1.807) is 19.1 Å². The highest BCUT2D eigenvalue weighted by atomic mass is 19.3. The number of hydrogen-bond acceptors (Lipinski definition) is 4. The molecule has 9 heteroatoms. The van der Waals surface area contributed by atoms with Crippen LogP contribution in [0.25, 0.3) is 0 Å². The Morgan fingerprint density at radius 3 is 2.38 bits per heavy atom. The summed E-state index contributed by atoms with van der Waals surface area (Å²) < 4.78 is 54.2. The third-order valence-electron chi connectivity index (χ3n) is 5.75. The van der Waals surface area contributed by atoms with Gasteiger partial charge in [-0.2, -0.15) is 0 Å². The Kier molecular flexibility index (Phi) is 5.58. The molecule has 0 spiro atoms. The van der Waals surface area contributed by atoms with Crippen LogP contribution in [0.2, 0.25) is 0 Å². The Morgan fingerprint density at radius 2 is 1.78 bits per heavy atom. The molecule has 0 unspecified atom stereocenters. The van der Waals surface area contributed by atoms with E-state index in [0.29, 0.717) is 22.5 Å². The average Bonchev–Trinajstić information content (AvgIpc) is 3.13. The summed E-state index contributed by atoms with van der Waals surface area (Å²) in [6, 6.07) is 8.01. The van der Waals surface area contributed by atoms with Gasteiger partial charge in [-0.05, 0) is 37.1 Å². The zero-order valence-electron chi connectivity index (χ0n) is 17.3. The van der Waals surface area contributed by atoms with Crippen LogP contribution in [0.5, 0.6) is 0 Å². The molecule has 0 saturated heterocycles. The van der Waals surface area contributed by atoms with Crippen molar-refractivity contribution in [2.24, 2.45) is 4.99 Å². The summed E-state index contributed by atoms with van der Waals surface area (Å²) in [5.74, 6) is -0.995. The largest absolute Gasteiger partial charge is 0.364 e. The van der Waals surface area contributed by atoms with Gasteiger partial charge in [0.2, 0.25) is 0 Å². The quantitative estimate of drug-likeness (QED) is 0.579. The normalized spacial score (nSPS) is 20.3. The highest BCUT2D eigenvalue weighted by Crippen LogP contribution is 2.41. The van der Waals surface area contributed by atoms with Crippen LogP contribution in [0.4, 0.5) is 17.6 Å². The zero-order valence-corrected chi connectivity index (χ0v) is 17.3. The number of H-pyrrole nitrogens is 1. The van der Waals surface area contributed by atoms with Gasteiger partial charge in [-0.3, -0.25) is 9.78 Å². The average molecular weight is 444 g/mol. The van der Waals surface area contributed by atoms with Crippen LogP contribution in [0.1, 0.15) is 48.2 Å². The van der Waals surface area contributed by atoms with Crippen LogP contribution < -0.4 is 10.9 Å². The van der Waals surface area contributed by atoms with E-state index in [9.17, 15) is 22.4 Å². The summed E-state index contributed by atoms with van der Waals surface area (Å²) in [7, 11) is 0. The number of alkyl halides is 2. The molecule has 32 heavy (non-hydrogen) atoms. The maximum Gasteiger partial charge on any atom is 0.284 e. The molecule has 3 aromatic rings. The van der Waals surface area contributed by atoms with E-state index in [-0.39, 0.29) is 17.7 Å². The number of pyridine rings is 2. The molecule has 2 atom stereocenters. The van der Waals surface area contributed by atoms with E-state index in [1.165, 1.54) is 36.7 Å². The summed E-state index contributed by atoms with van der Waals surface area (Å²) >= 11 is 0. The predicted octanol–water partition coefficient (Wildman–Crippen LogP) is 4.23. The fourth-order valence-corrected chi connectivity index (χ4v) is 4.11. The second-order valence-electron chi connectivity index (χ2n) is 7.55. The minimum Gasteiger partial charge on any atom is -0.364 e. The Labute approximate surface area is 181 Å². The van der Waals surface area contributed by atoms with Crippen molar-refractivity contribution in [2.75, 3.05) is 0 Å². The fourth-order valence-electron chi connectivity index (χ4n) is 4.11. The molecule has 0 radical (unpaired) electrons. The van der Waals surface area contributed by atoms with E-state index >= 15 is 0 Å². The molecule has 0 amide bonds. The first kappa shape index (κ1) is 21.7. The van der Waals surface area contributed by atoms with Crippen molar-refractivity contribution in [1.29, 1.82) is 0 Å². The molecule has 0 bridgehead atoms. The molecule has 5 nitrogen and oxygen atoms in total. The molecule has 4 rings (SSSR count). The van der Waals surface area contributed by atoms with Crippen molar-refractivity contribution >= 4 is 5.84 Å². The number of nitrogens with zero attached hydrogens (tertiary/aromatic N) is 2. The Bertz CT molecular complexity index is 1220. The van der Waals surface area contributed by atoms with Gasteiger partial charge in [0.1, 0.15) is 22.9 Å². The molecule has 1 aliphatic heterocycles. The number of aromatic amines is 1. The second kappa shape index (κ2) is 8.22. The minimum atomic E-state index is -2.72. The first-order valence-electron chi connectivity index (χ1n) is 10.0. The van der Waals surface area contributed by atoms with Gasteiger partial charge >= 0.3 is 0 Å². The van der Waals surface area contributed by atoms with Gasteiger partial charge in [0.25, 0.3) is 12.0 Å². The number of amidine groups is 1. The number of halogens is 4. The van der Waals surface area contributed by atoms with Crippen molar-refractivity contribution in [2.45, 2.75) is 38.3 Å². The smallest absolute Gasteiger partial charge is 0.284 e. The molecule has 2 aromatic heterocycles. The maximum absolute atomic E-state index is 14.5. The molecule has 2 N–H and O–H groups in total. The van der Waals surface area contributed by atoms with Gasteiger partial charge in [0, 0.05) is 29.1 Å². The summed E-state index contributed by atoms with van der Waals surface area (Å²) in [5.41, 5.74) is -0.648. The van der Waals surface area contributed by atoms with Crippen molar-refractivity contribution in [1.82, 2.24) is 15.3 Å². The van der Waals surface area contributed by atoms with Gasteiger partial charge < -0.3 is 10.3 Å². The van der Waals surface area contributed by atoms with Crippen molar-refractivity contribution in [3.05, 3.63) is 98.7 Å². The molecule has 1 aliphatic rings. The minimum absolute atomic E-state index is 0.202. The summed E-state index contributed by atoms with van der Waals surface area (Å²) in [5, 5.41) is 3.22. The van der Waals surface area contributed by atoms with Crippen LogP contribution in [-0.4, -0.2) is 21.8 Å². The monoisotopic (exact) mass is 444 g/mol. The van der Waals surface area contributed by atoms with Gasteiger partial charge in [-0.25, -0.2) is 22.6 Å². The summed E-state index contributed by atoms with van der Waals surface area (Å²) in [4.78, 5) is 22.8. The Morgan fingerprint density at radius 1 is 1.09 bits per heavy atom. The zero-order chi connectivity index (χ0) is 23.0. The van der Waals surface area contributed by atoms with E-state index in [1.807, 2.05) is 6.92 Å². The first-order valence-corrected chi connectivity index (χ1v) is 10.0. The van der Waals surface area contributed by atoms with Gasteiger partial charge in [0.15, 0.2) is 5.82 Å². The van der Waals surface area contributed by atoms with E-state index in [4.69, 9.17) is 4.99 Å². The van der Waals surface area contributed by atoms with Crippen LogP contribution in [0.15, 0.2) is 58.6 Å². The lowest BCUT2D eigenvalue weighted by atomic mass is 9.79. The topological polar surface area (TPSA) is 70.1 Å². The standard InChI is InChI=1S/C23H20F4N4O/c1-3-16-17(11-29-22(32)19(16)25)21-30-12(2)23(31-21,13-4-7-15(24)8-5-13)14-6-9-18(20(26)27)28-10-14/h4-12,20H,3H2,1-2H3,(H,29,32)(H,30,31)/t12-,23+/m0/s1. The molecule has 0 aliphatic carbocycles. The molecule has 3 heterocycles. The molecular weight excluding hydrogens is 424 g/mol. The highest BCUT2D eigenvalue weighted by molar-refractivity contribution is 6.02. The van der Waals surface area contributed by atoms with E-state index in [2.05, 4.69) is 15.3 Å². The number of hydrogen-bond donors (Lipinski definition) is 2. The first-order chi connectivity index (χ1) is 15.3. The van der Waals surface area contributed by atoms with Gasteiger partial charge in [-0.1, -0.05) is 25.1 Å². The SMILES string of the molecule is CCc1c(C2=N[C@](c3ccc(F)cc3)(c3ccc(C(F)F)nc3)[C@H](C)N2)c[nH]c(=O)c1F. The van der Waals surface area contributed by atoms with Crippen LogP contribution >= 0.6 is 0 Å². The lowest BCUT2D eigenvalue weighted by molar-refractivity contribution is 0.146. The molecule has 0 saturated carbocycles. The van der Waals surface area contributed by atoms with Crippen molar-refractivity contribution in [3.8, 4) is 0 Å². The second-order valence-corrected chi connectivity index (χ2v) is 7.55. The molecule has 1 aromatic carbocycles. The number of aromatic nitrogens is 2.